The third-order valence-corrected chi connectivity index (χ3v) is 19.8. The number of amides is 7. The molecule has 0 saturated carbocycles. The van der Waals surface area contributed by atoms with Gasteiger partial charge in [0.1, 0.15) is 12.4 Å². The van der Waals surface area contributed by atoms with Crippen LogP contribution in [0.25, 0.3) is 0 Å². The normalized spacial score (nSPS) is 16.1. The maximum atomic E-state index is 15.0. The van der Waals surface area contributed by atoms with Crippen LogP contribution >= 0.6 is 11.3 Å². The van der Waals surface area contributed by atoms with E-state index in [9.17, 15) is 43.2 Å². The first-order valence-corrected chi connectivity index (χ1v) is 36.5. The minimum Gasteiger partial charge on any atom is -0.445 e. The van der Waals surface area contributed by atoms with E-state index in [0.29, 0.717) is 89.7 Å². The highest BCUT2D eigenvalue weighted by molar-refractivity contribution is 7.09. The molecule has 27 heteroatoms. The second kappa shape index (κ2) is 46.7. The minimum atomic E-state index is -0.960. The zero-order valence-electron chi connectivity index (χ0n) is 62.0. The fraction of sp³-hybridized carbons (Fsp3) is 0.676. The molecule has 566 valence electrons. The summed E-state index contributed by atoms with van der Waals surface area (Å²) >= 11 is 1.54. The molecule has 7 N–H and O–H groups in total. The third kappa shape index (κ3) is 29.5. The Morgan fingerprint density at radius 3 is 1.90 bits per heavy atom. The molecule has 3 aromatic rings. The largest absolute Gasteiger partial charge is 0.445 e. The Morgan fingerprint density at radius 2 is 1.35 bits per heavy atom. The number of thiazole rings is 1. The highest BCUT2D eigenvalue weighted by Gasteiger charge is 2.44. The number of aromatic nitrogens is 1. The summed E-state index contributed by atoms with van der Waals surface area (Å²) in [6.07, 6.45) is 2.80. The van der Waals surface area contributed by atoms with Gasteiger partial charge in [0, 0.05) is 108 Å². The first-order valence-electron chi connectivity index (χ1n) is 35.7. The summed E-state index contributed by atoms with van der Waals surface area (Å²) in [4.78, 5) is 138. The number of ketones is 3. The molecule has 7 amide bonds. The lowest BCUT2D eigenvalue weighted by atomic mass is 9.83. The molecule has 0 aliphatic carbocycles. The number of anilines is 1. The number of hydrogen-bond acceptors (Lipinski definition) is 20. The van der Waals surface area contributed by atoms with Crippen LogP contribution in [-0.2, 0) is 84.6 Å². The van der Waals surface area contributed by atoms with E-state index < -0.39 is 72.0 Å². The van der Waals surface area contributed by atoms with Crippen LogP contribution in [-0.4, -0.2) is 210 Å². The number of likely N-dealkylation sites (N-methyl/N-ethyl adjacent to an activating group) is 2. The highest BCUT2D eigenvalue weighted by Crippen LogP contribution is 2.34. The van der Waals surface area contributed by atoms with Gasteiger partial charge in [0.25, 0.3) is 0 Å². The number of likely N-dealkylation sites (tertiary alicyclic amines) is 1. The fourth-order valence-electron chi connectivity index (χ4n) is 13.0. The van der Waals surface area contributed by atoms with Crippen molar-refractivity contribution in [1.82, 2.24) is 30.3 Å². The second-order valence-electron chi connectivity index (χ2n) is 27.2. The summed E-state index contributed by atoms with van der Waals surface area (Å²) in [6.45, 7) is 20.2. The molecule has 0 radical (unpaired) electrons. The average Bonchev–Trinajstić information content (AvgIpc) is 1.40. The summed E-state index contributed by atoms with van der Waals surface area (Å²) in [5.41, 5.74) is 7.36. The summed E-state index contributed by atoms with van der Waals surface area (Å²) in [5.74, 6) is -0.385. The van der Waals surface area contributed by atoms with E-state index in [2.05, 4.69) is 37.9 Å². The standard InChI is InChI=1S/C74H117N9O17S/c1-14-51(8)68(63(93-12)46-65(88)83-31-19-23-59(83)69(94-13)52(9)60(84)44-56(71-77-30-41-101-71)42-53-20-16-15-17-21-53)81(10)72(90)58(48(2)3)45-62(86)67(50(6)7)82(11)74(92)99-47-54-24-26-57(27-25-54)79-70(89)55(22-18-29-78-73(75)91)43-61(85)66(49(4)5)80-64(87)28-32-95-33-34-96-35-36-97-37-38-98-39-40-100-76/h15-17,20-21,24-27,30,41,48-52,55-56,58-59,63,66-69H,14,18-19,22-23,28-29,31-40,42-47,76H2,1-13H3,(H,79,89)(H,80,87)(H3,75,78,91)/t51-,52-,55+,56?,58-,59-,63+,66-,67-,68-,69+/m0/s1. The molecule has 1 saturated heterocycles. The van der Waals surface area contributed by atoms with Crippen LogP contribution in [0, 0.1) is 41.4 Å². The van der Waals surface area contributed by atoms with Crippen molar-refractivity contribution >= 4 is 70.1 Å². The molecule has 1 fully saturated rings. The zero-order chi connectivity index (χ0) is 74.6. The number of methoxy groups -OCH3 is 2. The molecule has 2 heterocycles. The number of primary amides is 1. The number of nitrogens with one attached hydrogen (secondary N) is 3. The van der Waals surface area contributed by atoms with Gasteiger partial charge in [-0.15, -0.1) is 11.3 Å². The molecule has 1 aliphatic heterocycles. The quantitative estimate of drug-likeness (QED) is 0.0262. The SMILES string of the molecule is CC[C@H](C)[C@@H]([C@@H](CC(=O)N1CCC[C@H]1[C@H](OC)[C@@H](C)C(=O)CC(Cc1ccccc1)c1nccs1)OC)N(C)C(=O)[C@@H](CC(=O)[C@H](C(C)C)N(C)C(=O)OCc1ccc(NC(=O)[C@H](CCCNC(N)=O)CC(=O)[C@@H](NC(=O)CCOCCOCCOCCOCCON)C(C)C)cc1)C(C)C. The molecule has 0 bridgehead atoms. The van der Waals surface area contributed by atoms with Gasteiger partial charge in [-0.05, 0) is 79.0 Å². The van der Waals surface area contributed by atoms with Gasteiger partial charge in [0.15, 0.2) is 11.6 Å². The van der Waals surface area contributed by atoms with Crippen LogP contribution in [0.1, 0.15) is 149 Å². The number of rotatable bonds is 51. The number of Topliss-reactive ketones (excluding diaryl/α,β-unsaturated/α-hetero) is 3. The molecule has 1 aromatic heterocycles. The van der Waals surface area contributed by atoms with Crippen LogP contribution < -0.4 is 27.6 Å². The van der Waals surface area contributed by atoms with Gasteiger partial charge >= 0.3 is 12.1 Å². The molecular formula is C74H117N9O17S. The third-order valence-electron chi connectivity index (χ3n) is 18.8. The van der Waals surface area contributed by atoms with E-state index in [0.717, 1.165) is 17.0 Å². The van der Waals surface area contributed by atoms with E-state index >= 15 is 0 Å². The van der Waals surface area contributed by atoms with Crippen molar-refractivity contribution in [2.24, 2.45) is 53.1 Å². The maximum absolute atomic E-state index is 15.0. The molecule has 11 atom stereocenters. The molecule has 1 unspecified atom stereocenters. The monoisotopic (exact) mass is 1440 g/mol. The molecule has 1 aliphatic rings. The van der Waals surface area contributed by atoms with Crippen LogP contribution in [0.15, 0.2) is 66.2 Å². The first kappa shape index (κ1) is 86.6. The minimum absolute atomic E-state index is 0.00827. The van der Waals surface area contributed by atoms with Crippen molar-refractivity contribution in [1.29, 1.82) is 0 Å². The van der Waals surface area contributed by atoms with Crippen molar-refractivity contribution in [3.63, 3.8) is 0 Å². The molecule has 2 aromatic carbocycles. The Kier molecular flexibility index (Phi) is 40.1. The topological polar surface area (TPSA) is 338 Å². The van der Waals surface area contributed by atoms with Crippen molar-refractivity contribution in [3.05, 3.63) is 82.3 Å². The number of nitrogens with zero attached hydrogens (tertiary/aromatic N) is 4. The van der Waals surface area contributed by atoms with E-state index in [-0.39, 0.29) is 130 Å². The predicted octanol–water partition coefficient (Wildman–Crippen LogP) is 8.32. The maximum Gasteiger partial charge on any atom is 0.410 e. The van der Waals surface area contributed by atoms with E-state index in [1.165, 1.54) is 23.3 Å². The van der Waals surface area contributed by atoms with Gasteiger partial charge in [-0.25, -0.2) is 20.5 Å². The molecular weight excluding hydrogens is 1320 g/mol. The highest BCUT2D eigenvalue weighted by atomic mass is 32.1. The summed E-state index contributed by atoms with van der Waals surface area (Å²) in [5, 5.41) is 11.0. The molecule has 26 nitrogen and oxygen atoms in total. The Balaban J connectivity index is 1.35. The fourth-order valence-corrected chi connectivity index (χ4v) is 13.8. The van der Waals surface area contributed by atoms with Crippen LogP contribution in [0.2, 0.25) is 0 Å². The van der Waals surface area contributed by atoms with Crippen molar-refractivity contribution in [2.45, 2.75) is 182 Å². The van der Waals surface area contributed by atoms with E-state index in [1.807, 2.05) is 76.9 Å². The number of carbonyl (C=O) groups is 9. The Labute approximate surface area is 602 Å². The van der Waals surface area contributed by atoms with Gasteiger partial charge in [-0.1, -0.05) is 111 Å². The van der Waals surface area contributed by atoms with Crippen LogP contribution in [0.3, 0.4) is 0 Å². The van der Waals surface area contributed by atoms with E-state index in [4.69, 9.17) is 44.8 Å². The summed E-state index contributed by atoms with van der Waals surface area (Å²) < 4.78 is 39.8. The lowest BCUT2D eigenvalue weighted by Gasteiger charge is -2.41. The van der Waals surface area contributed by atoms with E-state index in [1.54, 1.807) is 70.5 Å². The van der Waals surface area contributed by atoms with Crippen molar-refractivity contribution in [3.8, 4) is 0 Å². The van der Waals surface area contributed by atoms with Crippen molar-refractivity contribution in [2.75, 3.05) is 106 Å². The number of carbonyl (C=O) groups excluding carboxylic acids is 9. The Morgan fingerprint density at radius 1 is 0.713 bits per heavy atom. The molecule has 101 heavy (non-hydrogen) atoms. The summed E-state index contributed by atoms with van der Waals surface area (Å²) in [7, 11) is 6.33. The van der Waals surface area contributed by atoms with Crippen molar-refractivity contribution < 1.29 is 81.1 Å². The smallest absolute Gasteiger partial charge is 0.410 e. The molecule has 0 spiro atoms. The first-order chi connectivity index (χ1) is 48.3. The van der Waals surface area contributed by atoms with Crippen LogP contribution in [0.4, 0.5) is 15.3 Å². The van der Waals surface area contributed by atoms with Gasteiger partial charge in [-0.3, -0.25) is 33.6 Å². The van der Waals surface area contributed by atoms with Crippen LogP contribution in [0.5, 0.6) is 0 Å². The van der Waals surface area contributed by atoms with Gasteiger partial charge in [-0.2, -0.15) is 0 Å². The van der Waals surface area contributed by atoms with Gasteiger partial charge in [0.2, 0.25) is 23.6 Å². The Hall–Kier alpha value is -6.82. The lowest BCUT2D eigenvalue weighted by molar-refractivity contribution is -0.149. The average molecular weight is 1440 g/mol. The number of nitrogens with two attached hydrogens (primary N) is 2. The Bertz CT molecular complexity index is 2960. The number of ether oxygens (including phenoxy) is 7. The van der Waals surface area contributed by atoms with Gasteiger partial charge in [0.05, 0.1) is 107 Å². The lowest BCUT2D eigenvalue weighted by Crippen LogP contribution is -2.54. The number of benzene rings is 2. The number of hydrogen-bond donors (Lipinski definition) is 5. The predicted molar refractivity (Wildman–Crippen MR) is 385 cm³/mol. The van der Waals surface area contributed by atoms with Gasteiger partial charge < -0.3 is 74.4 Å². The second-order valence-corrected chi connectivity index (χ2v) is 28.2. The number of urea groups is 1. The zero-order valence-corrected chi connectivity index (χ0v) is 62.8. The molecule has 4 rings (SSSR count). The summed E-state index contributed by atoms with van der Waals surface area (Å²) in [6, 6.07) is 13.1.